The Balaban J connectivity index is 1.56. The molecule has 0 bridgehead atoms. The minimum Gasteiger partial charge on any atom is -0.399 e. The van der Waals surface area contributed by atoms with Crippen molar-refractivity contribution in [2.75, 3.05) is 36.8 Å². The van der Waals surface area contributed by atoms with Gasteiger partial charge < -0.3 is 10.6 Å². The number of benzene rings is 1. The minimum atomic E-state index is 0.846. The van der Waals surface area contributed by atoms with Gasteiger partial charge >= 0.3 is 0 Å². The van der Waals surface area contributed by atoms with Gasteiger partial charge in [0.25, 0.3) is 0 Å². The van der Waals surface area contributed by atoms with Gasteiger partial charge in [-0.3, -0.25) is 4.90 Å². The number of thiazole rings is 1. The topological polar surface area (TPSA) is 45.4 Å². The van der Waals surface area contributed by atoms with E-state index < -0.39 is 0 Å². The van der Waals surface area contributed by atoms with Gasteiger partial charge in [-0.05, 0) is 17.7 Å². The number of nitrogen functional groups attached to an aromatic ring is 1. The monoisotopic (exact) mass is 274 g/mol. The van der Waals surface area contributed by atoms with Crippen LogP contribution in [0, 0.1) is 0 Å². The highest BCUT2D eigenvalue weighted by Gasteiger charge is 2.18. The number of piperazine rings is 1. The lowest BCUT2D eigenvalue weighted by Crippen LogP contribution is -2.45. The highest BCUT2D eigenvalue weighted by atomic mass is 32.1. The molecule has 1 fully saturated rings. The zero-order chi connectivity index (χ0) is 13.1. The van der Waals surface area contributed by atoms with Crippen LogP contribution < -0.4 is 10.6 Å². The third-order valence-electron chi connectivity index (χ3n) is 3.42. The molecular formula is C14H18N4S. The van der Waals surface area contributed by atoms with Gasteiger partial charge in [-0.15, -0.1) is 11.3 Å². The fourth-order valence-corrected chi connectivity index (χ4v) is 3.12. The lowest BCUT2D eigenvalue weighted by atomic mass is 10.2. The first-order valence-electron chi connectivity index (χ1n) is 6.52. The molecule has 1 saturated heterocycles. The summed E-state index contributed by atoms with van der Waals surface area (Å²) in [6.45, 7) is 5.24. The third kappa shape index (κ3) is 3.05. The number of anilines is 2. The van der Waals surface area contributed by atoms with Crippen molar-refractivity contribution in [1.29, 1.82) is 0 Å². The standard InChI is InChI=1S/C14H18N4S/c15-13-3-1-2-12(10-13)11-17-5-7-18(8-6-17)14-16-4-9-19-14/h1-4,9-10H,5-8,11,15H2. The van der Waals surface area contributed by atoms with Crippen molar-refractivity contribution in [3.05, 3.63) is 41.4 Å². The maximum Gasteiger partial charge on any atom is 0.185 e. The average Bonchev–Trinajstić information content (AvgIpc) is 2.94. The van der Waals surface area contributed by atoms with Crippen molar-refractivity contribution in [3.63, 3.8) is 0 Å². The van der Waals surface area contributed by atoms with E-state index in [4.69, 9.17) is 5.73 Å². The quantitative estimate of drug-likeness (QED) is 0.870. The number of hydrogen-bond donors (Lipinski definition) is 1. The molecule has 0 unspecified atom stereocenters. The van der Waals surface area contributed by atoms with Gasteiger partial charge in [-0.2, -0.15) is 0 Å². The Morgan fingerprint density at radius 2 is 2.05 bits per heavy atom. The smallest absolute Gasteiger partial charge is 0.185 e. The predicted molar refractivity (Wildman–Crippen MR) is 80.5 cm³/mol. The largest absolute Gasteiger partial charge is 0.399 e. The molecule has 0 radical (unpaired) electrons. The molecule has 1 aliphatic rings. The van der Waals surface area contributed by atoms with Gasteiger partial charge in [0.05, 0.1) is 0 Å². The molecular weight excluding hydrogens is 256 g/mol. The van der Waals surface area contributed by atoms with Crippen molar-refractivity contribution in [3.8, 4) is 0 Å². The molecule has 0 amide bonds. The molecule has 4 nitrogen and oxygen atoms in total. The molecule has 0 saturated carbocycles. The summed E-state index contributed by atoms with van der Waals surface area (Å²) in [5.74, 6) is 0. The number of nitrogens with two attached hydrogens (primary N) is 1. The van der Waals surface area contributed by atoms with E-state index in [2.05, 4.69) is 26.9 Å². The van der Waals surface area contributed by atoms with Crippen molar-refractivity contribution in [2.45, 2.75) is 6.54 Å². The highest BCUT2D eigenvalue weighted by Crippen LogP contribution is 2.19. The first-order chi connectivity index (χ1) is 9.31. The molecule has 5 heteroatoms. The highest BCUT2D eigenvalue weighted by molar-refractivity contribution is 7.13. The van der Waals surface area contributed by atoms with E-state index in [0.717, 1.165) is 43.5 Å². The second kappa shape index (κ2) is 5.59. The maximum atomic E-state index is 5.82. The summed E-state index contributed by atoms with van der Waals surface area (Å²) >= 11 is 1.72. The van der Waals surface area contributed by atoms with Crippen LogP contribution in [-0.2, 0) is 6.54 Å². The minimum absolute atomic E-state index is 0.846. The fourth-order valence-electron chi connectivity index (χ4n) is 2.42. The molecule has 3 rings (SSSR count). The zero-order valence-corrected chi connectivity index (χ0v) is 11.6. The first-order valence-corrected chi connectivity index (χ1v) is 7.40. The Morgan fingerprint density at radius 1 is 1.21 bits per heavy atom. The maximum absolute atomic E-state index is 5.82. The van der Waals surface area contributed by atoms with Gasteiger partial charge in [0.15, 0.2) is 5.13 Å². The summed E-state index contributed by atoms with van der Waals surface area (Å²) in [6.07, 6.45) is 1.87. The molecule has 0 spiro atoms. The van der Waals surface area contributed by atoms with Crippen LogP contribution in [-0.4, -0.2) is 36.1 Å². The number of rotatable bonds is 3. The van der Waals surface area contributed by atoms with Gasteiger partial charge in [0, 0.05) is 50.0 Å². The van der Waals surface area contributed by atoms with Crippen molar-refractivity contribution < 1.29 is 0 Å². The summed E-state index contributed by atoms with van der Waals surface area (Å²) in [5.41, 5.74) is 7.96. The lowest BCUT2D eigenvalue weighted by molar-refractivity contribution is 0.250. The number of nitrogens with zero attached hydrogens (tertiary/aromatic N) is 3. The number of hydrogen-bond acceptors (Lipinski definition) is 5. The fraction of sp³-hybridized carbons (Fsp3) is 0.357. The summed E-state index contributed by atoms with van der Waals surface area (Å²) in [7, 11) is 0. The lowest BCUT2D eigenvalue weighted by Gasteiger charge is -2.34. The molecule has 0 atom stereocenters. The molecule has 2 heterocycles. The summed E-state index contributed by atoms with van der Waals surface area (Å²) in [4.78, 5) is 9.20. The van der Waals surface area contributed by atoms with E-state index in [0.29, 0.717) is 0 Å². The Bertz CT molecular complexity index is 518. The van der Waals surface area contributed by atoms with Crippen LogP contribution in [0.1, 0.15) is 5.56 Å². The van der Waals surface area contributed by atoms with Gasteiger partial charge in [-0.1, -0.05) is 12.1 Å². The van der Waals surface area contributed by atoms with Crippen LogP contribution in [0.5, 0.6) is 0 Å². The van der Waals surface area contributed by atoms with Crippen LogP contribution in [0.4, 0.5) is 10.8 Å². The van der Waals surface area contributed by atoms with Gasteiger partial charge in [0.2, 0.25) is 0 Å². The molecule has 1 aliphatic heterocycles. The first kappa shape index (κ1) is 12.4. The molecule has 1 aromatic carbocycles. The Labute approximate surface area is 117 Å². The second-order valence-corrected chi connectivity index (χ2v) is 5.70. The molecule has 2 N–H and O–H groups in total. The van der Waals surface area contributed by atoms with E-state index in [1.54, 1.807) is 11.3 Å². The third-order valence-corrected chi connectivity index (χ3v) is 4.25. The SMILES string of the molecule is Nc1cccc(CN2CCN(c3nccs3)CC2)c1. The second-order valence-electron chi connectivity index (χ2n) is 4.82. The van der Waals surface area contributed by atoms with E-state index in [1.807, 2.05) is 23.7 Å². The van der Waals surface area contributed by atoms with Crippen molar-refractivity contribution in [2.24, 2.45) is 0 Å². The van der Waals surface area contributed by atoms with Gasteiger partial charge in [0.1, 0.15) is 0 Å². The Kier molecular flexibility index (Phi) is 3.66. The molecule has 0 aliphatic carbocycles. The average molecular weight is 274 g/mol. The summed E-state index contributed by atoms with van der Waals surface area (Å²) in [6, 6.07) is 8.16. The summed E-state index contributed by atoms with van der Waals surface area (Å²) < 4.78 is 0. The van der Waals surface area contributed by atoms with Crippen LogP contribution in [0.2, 0.25) is 0 Å². The van der Waals surface area contributed by atoms with E-state index >= 15 is 0 Å². The van der Waals surface area contributed by atoms with Crippen LogP contribution in [0.3, 0.4) is 0 Å². The Morgan fingerprint density at radius 3 is 2.74 bits per heavy atom. The zero-order valence-electron chi connectivity index (χ0n) is 10.8. The Hall–Kier alpha value is -1.59. The van der Waals surface area contributed by atoms with E-state index in [-0.39, 0.29) is 0 Å². The van der Waals surface area contributed by atoms with Crippen LogP contribution in [0.25, 0.3) is 0 Å². The number of aromatic nitrogens is 1. The van der Waals surface area contributed by atoms with Crippen molar-refractivity contribution in [1.82, 2.24) is 9.88 Å². The molecule has 2 aromatic rings. The van der Waals surface area contributed by atoms with E-state index in [1.165, 1.54) is 5.56 Å². The van der Waals surface area contributed by atoms with Crippen molar-refractivity contribution >= 4 is 22.2 Å². The normalized spacial score (nSPS) is 16.7. The van der Waals surface area contributed by atoms with Gasteiger partial charge in [-0.25, -0.2) is 4.98 Å². The predicted octanol–water partition coefficient (Wildman–Crippen LogP) is 2.05. The van der Waals surface area contributed by atoms with E-state index in [9.17, 15) is 0 Å². The summed E-state index contributed by atoms with van der Waals surface area (Å²) in [5, 5.41) is 3.18. The molecule has 1 aromatic heterocycles. The molecule has 100 valence electrons. The van der Waals surface area contributed by atoms with Crippen LogP contribution in [0.15, 0.2) is 35.8 Å². The molecule has 19 heavy (non-hydrogen) atoms. The van der Waals surface area contributed by atoms with Crippen LogP contribution >= 0.6 is 11.3 Å².